The molecular weight excluding hydrogens is 342 g/mol. The number of hydrogen-bond donors (Lipinski definition) is 3. The number of fused-ring (bicyclic) bond motifs is 1. The summed E-state index contributed by atoms with van der Waals surface area (Å²) in [6, 6.07) is 7.95. The molecule has 7 nitrogen and oxygen atoms in total. The zero-order chi connectivity index (χ0) is 19.1. The third-order valence-corrected chi connectivity index (χ3v) is 5.68. The lowest BCUT2D eigenvalue weighted by molar-refractivity contribution is -0.137. The standard InChI is InChI=1S/C20H27N5O2/c1-12(2)19(26)24-10-8-15-17(11-24)25(23-18(15)21)20(27)14-7-9-22-16-6-4-3-5-13(14)16/h3-6,12,14,18,22-23H,7-11,21H2,1-2H3. The minimum absolute atomic E-state index is 0.00301. The quantitative estimate of drug-likeness (QED) is 0.732. The van der Waals surface area contributed by atoms with Gasteiger partial charge in [-0.1, -0.05) is 32.0 Å². The minimum Gasteiger partial charge on any atom is -0.385 e. The molecule has 3 aliphatic heterocycles. The van der Waals surface area contributed by atoms with Crippen molar-refractivity contribution in [1.82, 2.24) is 15.3 Å². The highest BCUT2D eigenvalue weighted by atomic mass is 16.2. The number of hydrogen-bond acceptors (Lipinski definition) is 5. The predicted octanol–water partition coefficient (Wildman–Crippen LogP) is 1.36. The Bertz CT molecular complexity index is 803. The first-order chi connectivity index (χ1) is 13.0. The van der Waals surface area contributed by atoms with E-state index in [1.54, 1.807) is 5.01 Å². The van der Waals surface area contributed by atoms with Crippen LogP contribution in [0.1, 0.15) is 38.2 Å². The van der Waals surface area contributed by atoms with E-state index in [0.29, 0.717) is 19.5 Å². The molecule has 0 saturated carbocycles. The van der Waals surface area contributed by atoms with Crippen molar-refractivity contribution in [2.45, 2.75) is 38.8 Å². The number of nitrogens with zero attached hydrogens (tertiary/aromatic N) is 2. The molecule has 4 rings (SSSR count). The van der Waals surface area contributed by atoms with Crippen molar-refractivity contribution in [3.8, 4) is 0 Å². The third kappa shape index (κ3) is 3.11. The highest BCUT2D eigenvalue weighted by molar-refractivity contribution is 5.88. The molecule has 2 atom stereocenters. The summed E-state index contributed by atoms with van der Waals surface area (Å²) in [6.45, 7) is 5.66. The van der Waals surface area contributed by atoms with E-state index in [1.807, 2.05) is 43.0 Å². The Morgan fingerprint density at radius 1 is 1.26 bits per heavy atom. The summed E-state index contributed by atoms with van der Waals surface area (Å²) in [6.07, 6.45) is 1.08. The molecule has 3 heterocycles. The summed E-state index contributed by atoms with van der Waals surface area (Å²) in [5, 5.41) is 4.97. The van der Waals surface area contributed by atoms with E-state index in [-0.39, 0.29) is 29.8 Å². The van der Waals surface area contributed by atoms with Gasteiger partial charge in [-0.3, -0.25) is 9.59 Å². The molecule has 7 heteroatoms. The molecular formula is C20H27N5O2. The summed E-state index contributed by atoms with van der Waals surface area (Å²) in [4.78, 5) is 27.7. The highest BCUT2D eigenvalue weighted by Gasteiger charge is 2.40. The molecule has 0 bridgehead atoms. The smallest absolute Gasteiger partial charge is 0.248 e. The molecule has 144 valence electrons. The fourth-order valence-electron chi connectivity index (χ4n) is 4.24. The van der Waals surface area contributed by atoms with Crippen molar-refractivity contribution in [3.05, 3.63) is 41.1 Å². The maximum atomic E-state index is 13.4. The maximum Gasteiger partial charge on any atom is 0.248 e. The lowest BCUT2D eigenvalue weighted by Gasteiger charge is -2.34. The van der Waals surface area contributed by atoms with Gasteiger partial charge in [0.05, 0.1) is 24.3 Å². The average molecular weight is 369 g/mol. The van der Waals surface area contributed by atoms with E-state index < -0.39 is 0 Å². The Labute approximate surface area is 159 Å². The number of hydrazine groups is 1. The number of anilines is 1. The molecule has 0 saturated heterocycles. The van der Waals surface area contributed by atoms with Gasteiger partial charge in [0.25, 0.3) is 0 Å². The van der Waals surface area contributed by atoms with Gasteiger partial charge in [0.1, 0.15) is 0 Å². The Balaban J connectivity index is 1.60. The van der Waals surface area contributed by atoms with Crippen molar-refractivity contribution in [3.63, 3.8) is 0 Å². The van der Waals surface area contributed by atoms with Crippen LogP contribution >= 0.6 is 0 Å². The van der Waals surface area contributed by atoms with Gasteiger partial charge in [0.2, 0.25) is 11.8 Å². The number of benzene rings is 1. The van der Waals surface area contributed by atoms with Gasteiger partial charge >= 0.3 is 0 Å². The molecule has 0 aliphatic carbocycles. The van der Waals surface area contributed by atoms with Gasteiger partial charge in [0.15, 0.2) is 0 Å². The van der Waals surface area contributed by atoms with E-state index in [9.17, 15) is 9.59 Å². The monoisotopic (exact) mass is 369 g/mol. The molecule has 0 fully saturated rings. The van der Waals surface area contributed by atoms with Crippen molar-refractivity contribution < 1.29 is 9.59 Å². The number of para-hydroxylation sites is 1. The van der Waals surface area contributed by atoms with Crippen LogP contribution in [0.4, 0.5) is 5.69 Å². The minimum atomic E-state index is -0.364. The summed E-state index contributed by atoms with van der Waals surface area (Å²) in [5.41, 5.74) is 13.3. The highest BCUT2D eigenvalue weighted by Crippen LogP contribution is 2.36. The molecule has 3 aliphatic rings. The van der Waals surface area contributed by atoms with Gasteiger partial charge in [-0.25, -0.2) is 10.4 Å². The predicted molar refractivity (Wildman–Crippen MR) is 103 cm³/mol. The largest absolute Gasteiger partial charge is 0.385 e. The van der Waals surface area contributed by atoms with Gasteiger partial charge < -0.3 is 16.0 Å². The van der Waals surface area contributed by atoms with E-state index >= 15 is 0 Å². The first-order valence-corrected chi connectivity index (χ1v) is 9.66. The van der Waals surface area contributed by atoms with Crippen molar-refractivity contribution in [2.24, 2.45) is 11.7 Å². The van der Waals surface area contributed by atoms with Crippen LogP contribution in [-0.2, 0) is 9.59 Å². The number of nitrogens with one attached hydrogen (secondary N) is 2. The van der Waals surface area contributed by atoms with Crippen LogP contribution in [0, 0.1) is 5.92 Å². The lowest BCUT2D eigenvalue weighted by Crippen LogP contribution is -2.48. The normalized spacial score (nSPS) is 24.6. The molecule has 0 spiro atoms. The Morgan fingerprint density at radius 2 is 2.04 bits per heavy atom. The van der Waals surface area contributed by atoms with E-state index in [0.717, 1.165) is 35.5 Å². The van der Waals surface area contributed by atoms with Crippen molar-refractivity contribution in [2.75, 3.05) is 25.0 Å². The van der Waals surface area contributed by atoms with Crippen LogP contribution in [0.15, 0.2) is 35.5 Å². The number of nitrogens with two attached hydrogens (primary N) is 1. The van der Waals surface area contributed by atoms with E-state index in [1.165, 1.54) is 0 Å². The molecule has 0 aromatic heterocycles. The van der Waals surface area contributed by atoms with E-state index in [4.69, 9.17) is 5.73 Å². The van der Waals surface area contributed by atoms with Gasteiger partial charge in [-0.15, -0.1) is 0 Å². The van der Waals surface area contributed by atoms with E-state index in [2.05, 4.69) is 10.7 Å². The zero-order valence-electron chi connectivity index (χ0n) is 15.9. The first-order valence-electron chi connectivity index (χ1n) is 9.66. The number of carbonyl (C=O) groups is 2. The lowest BCUT2D eigenvalue weighted by atomic mass is 9.90. The van der Waals surface area contributed by atoms with Crippen molar-refractivity contribution >= 4 is 17.5 Å². The maximum absolute atomic E-state index is 13.4. The second-order valence-electron chi connectivity index (χ2n) is 7.77. The summed E-state index contributed by atoms with van der Waals surface area (Å²) < 4.78 is 0. The van der Waals surface area contributed by atoms with Crippen LogP contribution in [-0.4, -0.2) is 47.5 Å². The SMILES string of the molecule is CC(C)C(=O)N1CCC2=C(C1)N(C(=O)C1CCNc3ccccc31)NC2N. The van der Waals surface area contributed by atoms with Crippen LogP contribution < -0.4 is 16.5 Å². The van der Waals surface area contributed by atoms with Gasteiger partial charge in [0, 0.05) is 24.7 Å². The number of rotatable bonds is 2. The average Bonchev–Trinajstić information content (AvgIpc) is 3.02. The topological polar surface area (TPSA) is 90.7 Å². The molecule has 1 aromatic carbocycles. The second-order valence-corrected chi connectivity index (χ2v) is 7.77. The molecule has 0 radical (unpaired) electrons. The molecule has 27 heavy (non-hydrogen) atoms. The number of amides is 2. The molecule has 2 amide bonds. The number of carbonyl (C=O) groups excluding carboxylic acids is 2. The Morgan fingerprint density at radius 3 is 2.81 bits per heavy atom. The zero-order valence-corrected chi connectivity index (χ0v) is 15.9. The fraction of sp³-hybridized carbons (Fsp3) is 0.500. The van der Waals surface area contributed by atoms with Crippen LogP contribution in [0.25, 0.3) is 0 Å². The van der Waals surface area contributed by atoms with Crippen LogP contribution in [0.2, 0.25) is 0 Å². The van der Waals surface area contributed by atoms with Crippen molar-refractivity contribution in [1.29, 1.82) is 0 Å². The first kappa shape index (κ1) is 18.0. The Kier molecular flexibility index (Phi) is 4.65. The second kappa shape index (κ2) is 6.98. The summed E-state index contributed by atoms with van der Waals surface area (Å²) in [7, 11) is 0. The molecule has 4 N–H and O–H groups in total. The van der Waals surface area contributed by atoms with Gasteiger partial charge in [-0.2, -0.15) is 0 Å². The van der Waals surface area contributed by atoms with Gasteiger partial charge in [-0.05, 0) is 30.0 Å². The Hall–Kier alpha value is -2.38. The van der Waals surface area contributed by atoms with Crippen LogP contribution in [0.5, 0.6) is 0 Å². The summed E-state index contributed by atoms with van der Waals surface area (Å²) >= 11 is 0. The summed E-state index contributed by atoms with van der Waals surface area (Å²) in [5.74, 6) is -0.161. The molecule has 1 aromatic rings. The molecule has 2 unspecified atom stereocenters. The van der Waals surface area contributed by atoms with Crippen LogP contribution in [0.3, 0.4) is 0 Å². The fourth-order valence-corrected chi connectivity index (χ4v) is 4.24. The third-order valence-electron chi connectivity index (χ3n) is 5.68.